The molecular weight excluding hydrogens is 404 g/mol. The van der Waals surface area contributed by atoms with E-state index >= 15 is 0 Å². The van der Waals surface area contributed by atoms with E-state index in [4.69, 9.17) is 0 Å². The zero-order chi connectivity index (χ0) is 20.9. The van der Waals surface area contributed by atoms with Gasteiger partial charge >= 0.3 is 0 Å². The van der Waals surface area contributed by atoms with Gasteiger partial charge in [0.2, 0.25) is 0 Å². The van der Waals surface area contributed by atoms with Gasteiger partial charge in [0, 0.05) is 30.7 Å². The lowest BCUT2D eigenvalue weighted by Crippen LogP contribution is -2.00. The van der Waals surface area contributed by atoms with Crippen LogP contribution in [-0.2, 0) is 0 Å². The molecule has 0 bridgehead atoms. The van der Waals surface area contributed by atoms with Crippen molar-refractivity contribution in [2.45, 2.75) is 33.4 Å². The standard InChI is InChI=1S/C27H22OS2/c1-19-3-11-23(12-4-19)29-25-15-7-21(8-16-25)27(28)22-9-17-26(18-10-22)30-24-13-5-20(2)6-14-24/h3-18H,1-2H3. The molecular formula is C27H22OS2. The summed E-state index contributed by atoms with van der Waals surface area (Å²) in [7, 11) is 0. The quantitative estimate of drug-likeness (QED) is 0.292. The number of hydrogen-bond donors (Lipinski definition) is 0. The summed E-state index contributed by atoms with van der Waals surface area (Å²) in [6.07, 6.45) is 0. The maximum Gasteiger partial charge on any atom is 0.193 e. The second-order valence-corrected chi connectivity index (χ2v) is 9.50. The fraction of sp³-hybridized carbons (Fsp3) is 0.0741. The fourth-order valence-corrected chi connectivity index (χ4v) is 4.63. The summed E-state index contributed by atoms with van der Waals surface area (Å²) in [4.78, 5) is 17.5. The van der Waals surface area contributed by atoms with Gasteiger partial charge in [0.05, 0.1) is 0 Å². The fourth-order valence-electron chi connectivity index (χ4n) is 3.00. The Bertz CT molecular complexity index is 1030. The molecule has 4 rings (SSSR count). The molecule has 4 aromatic rings. The van der Waals surface area contributed by atoms with Crippen LogP contribution in [0.3, 0.4) is 0 Å². The molecule has 0 amide bonds. The minimum absolute atomic E-state index is 0.0498. The molecule has 1 nitrogen and oxygen atoms in total. The number of carbonyl (C=O) groups excluding carboxylic acids is 1. The highest BCUT2D eigenvalue weighted by Gasteiger charge is 2.10. The van der Waals surface area contributed by atoms with Crippen LogP contribution in [0.15, 0.2) is 117 Å². The predicted molar refractivity (Wildman–Crippen MR) is 127 cm³/mol. The monoisotopic (exact) mass is 426 g/mol. The van der Waals surface area contributed by atoms with E-state index in [1.807, 2.05) is 48.5 Å². The van der Waals surface area contributed by atoms with E-state index in [0.717, 1.165) is 9.79 Å². The molecule has 0 aliphatic carbocycles. The molecule has 0 fully saturated rings. The molecule has 0 aliphatic heterocycles. The summed E-state index contributed by atoms with van der Waals surface area (Å²) in [5, 5.41) is 0. The van der Waals surface area contributed by atoms with Gasteiger partial charge < -0.3 is 0 Å². The summed E-state index contributed by atoms with van der Waals surface area (Å²) >= 11 is 3.40. The third-order valence-corrected chi connectivity index (χ3v) is 6.78. The SMILES string of the molecule is Cc1ccc(Sc2ccc(C(=O)c3ccc(Sc4ccc(C)cc4)cc3)cc2)cc1. The predicted octanol–water partition coefficient (Wildman–Crippen LogP) is 7.84. The third-order valence-electron chi connectivity index (χ3n) is 4.75. The highest BCUT2D eigenvalue weighted by atomic mass is 32.2. The van der Waals surface area contributed by atoms with Gasteiger partial charge in [-0.3, -0.25) is 4.79 Å². The first kappa shape index (κ1) is 20.5. The van der Waals surface area contributed by atoms with Gasteiger partial charge in [0.15, 0.2) is 5.78 Å². The van der Waals surface area contributed by atoms with Crippen molar-refractivity contribution in [3.8, 4) is 0 Å². The summed E-state index contributed by atoms with van der Waals surface area (Å²) < 4.78 is 0. The van der Waals surface area contributed by atoms with Crippen molar-refractivity contribution in [2.75, 3.05) is 0 Å². The van der Waals surface area contributed by atoms with Crippen molar-refractivity contribution < 1.29 is 4.79 Å². The van der Waals surface area contributed by atoms with E-state index in [0.29, 0.717) is 11.1 Å². The van der Waals surface area contributed by atoms with Crippen molar-refractivity contribution in [3.05, 3.63) is 119 Å². The van der Waals surface area contributed by atoms with Crippen molar-refractivity contribution in [1.29, 1.82) is 0 Å². The van der Waals surface area contributed by atoms with Gasteiger partial charge in [-0.1, -0.05) is 58.9 Å². The zero-order valence-electron chi connectivity index (χ0n) is 17.0. The van der Waals surface area contributed by atoms with Crippen molar-refractivity contribution in [2.24, 2.45) is 0 Å². The molecule has 3 heteroatoms. The topological polar surface area (TPSA) is 17.1 Å². The minimum Gasteiger partial charge on any atom is -0.289 e. The largest absolute Gasteiger partial charge is 0.289 e. The molecule has 0 spiro atoms. The Morgan fingerprint density at radius 2 is 0.733 bits per heavy atom. The van der Waals surface area contributed by atoms with E-state index in [1.54, 1.807) is 23.5 Å². The van der Waals surface area contributed by atoms with E-state index < -0.39 is 0 Å². The van der Waals surface area contributed by atoms with Crippen molar-refractivity contribution in [3.63, 3.8) is 0 Å². The van der Waals surface area contributed by atoms with Gasteiger partial charge in [0.1, 0.15) is 0 Å². The minimum atomic E-state index is 0.0498. The Morgan fingerprint density at radius 1 is 0.467 bits per heavy atom. The van der Waals surface area contributed by atoms with Crippen LogP contribution in [0.2, 0.25) is 0 Å². The van der Waals surface area contributed by atoms with E-state index in [2.05, 4.69) is 62.4 Å². The van der Waals surface area contributed by atoms with Crippen LogP contribution in [0.5, 0.6) is 0 Å². The zero-order valence-corrected chi connectivity index (χ0v) is 18.6. The van der Waals surface area contributed by atoms with Crippen molar-refractivity contribution >= 4 is 29.3 Å². The first-order valence-corrected chi connectivity index (χ1v) is 11.4. The Kier molecular flexibility index (Phi) is 6.41. The molecule has 0 aromatic heterocycles. The molecule has 4 aromatic carbocycles. The van der Waals surface area contributed by atoms with Gasteiger partial charge in [-0.25, -0.2) is 0 Å². The molecule has 148 valence electrons. The Hall–Kier alpha value is -2.75. The average molecular weight is 427 g/mol. The smallest absolute Gasteiger partial charge is 0.193 e. The van der Waals surface area contributed by atoms with Crippen LogP contribution < -0.4 is 0 Å². The first-order valence-electron chi connectivity index (χ1n) is 9.81. The molecule has 0 heterocycles. The number of hydrogen-bond acceptors (Lipinski definition) is 3. The highest BCUT2D eigenvalue weighted by molar-refractivity contribution is 7.99. The maximum atomic E-state index is 12.8. The molecule has 0 saturated carbocycles. The lowest BCUT2D eigenvalue weighted by Gasteiger charge is -2.06. The normalized spacial score (nSPS) is 10.7. The van der Waals surface area contributed by atoms with Gasteiger partial charge in [-0.05, 0) is 86.6 Å². The number of benzene rings is 4. The van der Waals surface area contributed by atoms with Crippen LogP contribution in [0.4, 0.5) is 0 Å². The van der Waals surface area contributed by atoms with E-state index in [9.17, 15) is 4.79 Å². The Balaban J connectivity index is 1.42. The van der Waals surface area contributed by atoms with Crippen LogP contribution in [-0.4, -0.2) is 5.78 Å². The van der Waals surface area contributed by atoms with Crippen molar-refractivity contribution in [1.82, 2.24) is 0 Å². The molecule has 0 saturated heterocycles. The molecule has 0 unspecified atom stereocenters. The summed E-state index contributed by atoms with van der Waals surface area (Å²) in [6.45, 7) is 4.17. The maximum absolute atomic E-state index is 12.8. The number of ketones is 1. The Labute approximate surface area is 186 Å². The van der Waals surface area contributed by atoms with Crippen LogP contribution in [0.25, 0.3) is 0 Å². The van der Waals surface area contributed by atoms with Crippen LogP contribution in [0, 0.1) is 13.8 Å². The number of aryl methyl sites for hydroxylation is 2. The summed E-state index contributed by atoms with van der Waals surface area (Å²) in [5.41, 5.74) is 3.93. The van der Waals surface area contributed by atoms with E-state index in [-0.39, 0.29) is 5.78 Å². The molecule has 30 heavy (non-hydrogen) atoms. The Morgan fingerprint density at radius 3 is 1.03 bits per heavy atom. The van der Waals surface area contributed by atoms with Gasteiger partial charge in [0.25, 0.3) is 0 Å². The van der Waals surface area contributed by atoms with Crippen LogP contribution in [0.1, 0.15) is 27.0 Å². The second-order valence-electron chi connectivity index (χ2n) is 7.21. The lowest BCUT2D eigenvalue weighted by molar-refractivity contribution is 0.103. The second kappa shape index (κ2) is 9.38. The number of rotatable bonds is 6. The highest BCUT2D eigenvalue weighted by Crippen LogP contribution is 2.30. The van der Waals surface area contributed by atoms with Gasteiger partial charge in [-0.2, -0.15) is 0 Å². The van der Waals surface area contributed by atoms with Crippen LogP contribution >= 0.6 is 23.5 Å². The molecule has 0 N–H and O–H groups in total. The summed E-state index contributed by atoms with van der Waals surface area (Å²) in [6, 6.07) is 32.6. The lowest BCUT2D eigenvalue weighted by atomic mass is 10.0. The first-order chi connectivity index (χ1) is 14.6. The third kappa shape index (κ3) is 5.24. The van der Waals surface area contributed by atoms with Gasteiger partial charge in [-0.15, -0.1) is 0 Å². The molecule has 0 radical (unpaired) electrons. The number of carbonyl (C=O) groups is 1. The molecule has 0 atom stereocenters. The average Bonchev–Trinajstić information content (AvgIpc) is 2.77. The molecule has 0 aliphatic rings. The van der Waals surface area contributed by atoms with E-state index in [1.165, 1.54) is 20.9 Å². The summed E-state index contributed by atoms with van der Waals surface area (Å²) in [5.74, 6) is 0.0498.